The summed E-state index contributed by atoms with van der Waals surface area (Å²) in [6.07, 6.45) is 0. The Balaban J connectivity index is 1.50. The maximum Gasteiger partial charge on any atom is 0.393 e. The Labute approximate surface area is 236 Å². The number of halogens is 10. The molecule has 0 aliphatic rings. The van der Waals surface area contributed by atoms with E-state index in [9.17, 15) is 53.5 Å². The summed E-state index contributed by atoms with van der Waals surface area (Å²) in [5.41, 5.74) is 0.298. The first-order chi connectivity index (χ1) is 19.5. The number of nitrogens with one attached hydrogen (secondary N) is 2. The van der Waals surface area contributed by atoms with E-state index in [-0.39, 0.29) is 22.5 Å². The first kappa shape index (κ1) is 30.9. The van der Waals surface area contributed by atoms with Crippen LogP contribution in [0.15, 0.2) is 59.3 Å². The average Bonchev–Trinajstić information content (AvgIpc) is 3.59. The van der Waals surface area contributed by atoms with Crippen molar-refractivity contribution in [3.8, 4) is 22.5 Å². The van der Waals surface area contributed by atoms with Crippen molar-refractivity contribution in [3.05, 3.63) is 70.9 Å². The predicted octanol–water partition coefficient (Wildman–Crippen LogP) is 7.33. The van der Waals surface area contributed by atoms with E-state index >= 15 is 0 Å². The molecule has 4 aromatic rings. The van der Waals surface area contributed by atoms with Crippen LogP contribution >= 0.6 is 22.7 Å². The highest BCUT2D eigenvalue weighted by atomic mass is 32.1. The summed E-state index contributed by atoms with van der Waals surface area (Å²) in [5, 5.41) is 2.95. The van der Waals surface area contributed by atoms with Gasteiger partial charge in [-0.15, -0.1) is 22.7 Å². The lowest BCUT2D eigenvalue weighted by Crippen LogP contribution is -2.67. The first-order valence-electron chi connectivity index (χ1n) is 11.0. The van der Waals surface area contributed by atoms with Crippen LogP contribution in [0.4, 0.5) is 54.2 Å². The van der Waals surface area contributed by atoms with Crippen molar-refractivity contribution in [2.24, 2.45) is 0 Å². The van der Waals surface area contributed by atoms with Crippen LogP contribution in [-0.2, 0) is 9.59 Å². The Morgan fingerprint density at radius 3 is 1.19 bits per heavy atom. The fourth-order valence-electron chi connectivity index (χ4n) is 3.20. The van der Waals surface area contributed by atoms with Gasteiger partial charge in [0.05, 0.1) is 11.4 Å². The molecule has 0 atom stereocenters. The largest absolute Gasteiger partial charge is 0.393 e. The van der Waals surface area contributed by atoms with Gasteiger partial charge in [-0.1, -0.05) is 0 Å². The fourth-order valence-corrected chi connectivity index (χ4v) is 4.63. The van der Waals surface area contributed by atoms with Gasteiger partial charge in [0.2, 0.25) is 0 Å². The molecule has 2 heterocycles. The first-order valence-corrected chi connectivity index (χ1v) is 12.8. The second-order valence-corrected chi connectivity index (χ2v) is 10.0. The molecule has 2 amide bonds. The monoisotopic (exact) mass is 642 g/mol. The smallest absolute Gasteiger partial charge is 0.296 e. The van der Waals surface area contributed by atoms with Gasteiger partial charge in [0, 0.05) is 21.9 Å². The summed E-state index contributed by atoms with van der Waals surface area (Å²) >= 11 is 0.769. The minimum Gasteiger partial charge on any atom is -0.296 e. The molecule has 2 aromatic carbocycles. The molecular formula is C24H12F10N4O2S2. The number of carbonyl (C=O) groups is 2. The second kappa shape index (κ2) is 11.0. The number of hydrogen-bond acceptors (Lipinski definition) is 6. The highest BCUT2D eigenvalue weighted by molar-refractivity contribution is 7.14. The third-order valence-electron chi connectivity index (χ3n) is 5.48. The zero-order valence-electron chi connectivity index (χ0n) is 20.1. The number of nitrogens with zero attached hydrogens (tertiary/aromatic N) is 2. The van der Waals surface area contributed by atoms with Crippen LogP contribution in [0, 0.1) is 11.6 Å². The van der Waals surface area contributed by atoms with Crippen molar-refractivity contribution in [3.63, 3.8) is 0 Å². The Morgan fingerprint density at radius 2 is 0.881 bits per heavy atom. The zero-order chi connectivity index (χ0) is 31.1. The molecule has 222 valence electrons. The summed E-state index contributed by atoms with van der Waals surface area (Å²) in [7, 11) is 0. The molecule has 42 heavy (non-hydrogen) atoms. The average molecular weight is 643 g/mol. The van der Waals surface area contributed by atoms with E-state index in [0.717, 1.165) is 45.7 Å². The molecule has 2 N–H and O–H groups in total. The van der Waals surface area contributed by atoms with Gasteiger partial charge in [0.1, 0.15) is 11.6 Å². The summed E-state index contributed by atoms with van der Waals surface area (Å²) in [4.78, 5) is 31.1. The summed E-state index contributed by atoms with van der Waals surface area (Å²) < 4.78 is 141. The van der Waals surface area contributed by atoms with Crippen molar-refractivity contribution >= 4 is 44.8 Å². The molecule has 0 fully saturated rings. The van der Waals surface area contributed by atoms with Gasteiger partial charge in [-0.2, -0.15) is 35.1 Å². The van der Waals surface area contributed by atoms with Crippen LogP contribution in [0.25, 0.3) is 22.5 Å². The number of carbonyl (C=O) groups excluding carboxylic acids is 2. The van der Waals surface area contributed by atoms with E-state index in [0.29, 0.717) is 22.7 Å². The Hall–Kier alpha value is -4.06. The Morgan fingerprint density at radius 1 is 0.571 bits per heavy atom. The molecule has 6 nitrogen and oxygen atoms in total. The van der Waals surface area contributed by atoms with Gasteiger partial charge in [0.25, 0.3) is 0 Å². The SMILES string of the molecule is O=C(Nc1nc(-c2ccc(F)cc2)cs1)C(F)(F)C(F)(F)C(F)(F)C(F)(F)C(=O)Nc1nc(-c2ccc(F)cc2)cs1. The van der Waals surface area contributed by atoms with Gasteiger partial charge in [0.15, 0.2) is 10.3 Å². The van der Waals surface area contributed by atoms with E-state index in [4.69, 9.17) is 0 Å². The number of alkyl halides is 8. The van der Waals surface area contributed by atoms with Gasteiger partial charge >= 0.3 is 35.5 Å². The lowest BCUT2D eigenvalue weighted by molar-refractivity contribution is -0.345. The highest BCUT2D eigenvalue weighted by Crippen LogP contribution is 2.53. The molecule has 2 aromatic heterocycles. The number of aromatic nitrogens is 2. The maximum atomic E-state index is 14.4. The summed E-state index contributed by atoms with van der Waals surface area (Å²) in [6.45, 7) is 0. The molecule has 0 aliphatic carbocycles. The lowest BCUT2D eigenvalue weighted by Gasteiger charge is -2.35. The molecule has 0 unspecified atom stereocenters. The van der Waals surface area contributed by atoms with Crippen LogP contribution in [-0.4, -0.2) is 45.5 Å². The Kier molecular flexibility index (Phi) is 8.07. The molecule has 18 heteroatoms. The van der Waals surface area contributed by atoms with E-state index in [1.54, 1.807) is 0 Å². The molecule has 0 radical (unpaired) electrons. The van der Waals surface area contributed by atoms with E-state index in [2.05, 4.69) is 9.97 Å². The quantitative estimate of drug-likeness (QED) is 0.187. The third kappa shape index (κ3) is 5.55. The number of amides is 2. The fraction of sp³-hybridized carbons (Fsp3) is 0.167. The topological polar surface area (TPSA) is 84.0 Å². The zero-order valence-corrected chi connectivity index (χ0v) is 21.7. The van der Waals surface area contributed by atoms with Crippen molar-refractivity contribution in [1.82, 2.24) is 9.97 Å². The number of thiazole rings is 2. The normalized spacial score (nSPS) is 12.7. The minimum absolute atomic E-state index is 0.0521. The predicted molar refractivity (Wildman–Crippen MR) is 132 cm³/mol. The number of benzene rings is 2. The van der Waals surface area contributed by atoms with Crippen LogP contribution in [0.1, 0.15) is 0 Å². The van der Waals surface area contributed by atoms with Crippen molar-refractivity contribution < 1.29 is 53.5 Å². The third-order valence-corrected chi connectivity index (χ3v) is 7.00. The van der Waals surface area contributed by atoms with Crippen LogP contribution in [0.2, 0.25) is 0 Å². The van der Waals surface area contributed by atoms with Gasteiger partial charge in [-0.05, 0) is 48.5 Å². The van der Waals surface area contributed by atoms with Crippen molar-refractivity contribution in [2.75, 3.05) is 10.6 Å². The van der Waals surface area contributed by atoms with Crippen LogP contribution in [0.3, 0.4) is 0 Å². The van der Waals surface area contributed by atoms with Gasteiger partial charge < -0.3 is 0 Å². The highest BCUT2D eigenvalue weighted by Gasteiger charge is 2.84. The van der Waals surface area contributed by atoms with E-state index in [1.165, 1.54) is 24.3 Å². The molecule has 4 rings (SSSR count). The molecule has 0 saturated heterocycles. The van der Waals surface area contributed by atoms with E-state index in [1.807, 2.05) is 0 Å². The second-order valence-electron chi connectivity index (χ2n) is 8.30. The number of hydrogen-bond donors (Lipinski definition) is 2. The molecule has 0 aliphatic heterocycles. The van der Waals surface area contributed by atoms with Gasteiger partial charge in [-0.25, -0.2) is 18.7 Å². The van der Waals surface area contributed by atoms with Crippen LogP contribution in [0.5, 0.6) is 0 Å². The standard InChI is InChI=1S/C24H12F10N4O2S2/c25-13-5-1-11(2-6-13)15-9-41-19(35-15)37-17(39)21(27,28)23(31,32)24(33,34)22(29,30)18(40)38-20-36-16(10-42-20)12-3-7-14(26)8-4-12/h1-10H,(H,35,37,39)(H,36,38,40). The molecule has 0 bridgehead atoms. The maximum absolute atomic E-state index is 14.4. The lowest BCUT2D eigenvalue weighted by atomic mass is 9.97. The van der Waals surface area contributed by atoms with Crippen molar-refractivity contribution in [1.29, 1.82) is 0 Å². The number of rotatable bonds is 9. The number of anilines is 2. The summed E-state index contributed by atoms with van der Waals surface area (Å²) in [6, 6.07) is 8.78. The van der Waals surface area contributed by atoms with Crippen LogP contribution < -0.4 is 10.6 Å². The molecular weight excluding hydrogens is 630 g/mol. The Bertz CT molecular complexity index is 1490. The summed E-state index contributed by atoms with van der Waals surface area (Å²) in [5.74, 6) is -34.7. The van der Waals surface area contributed by atoms with E-state index < -0.39 is 57.4 Å². The molecule has 0 spiro atoms. The van der Waals surface area contributed by atoms with Crippen molar-refractivity contribution in [2.45, 2.75) is 23.7 Å². The molecule has 0 saturated carbocycles. The van der Waals surface area contributed by atoms with Gasteiger partial charge in [-0.3, -0.25) is 20.2 Å². The minimum atomic E-state index is -7.11.